The summed E-state index contributed by atoms with van der Waals surface area (Å²) < 4.78 is 0. The van der Waals surface area contributed by atoms with Crippen molar-refractivity contribution in [3.63, 3.8) is 0 Å². The average Bonchev–Trinajstić information content (AvgIpc) is 2.71. The van der Waals surface area contributed by atoms with Gasteiger partial charge >= 0.3 is 0 Å². The molecule has 0 heterocycles. The zero-order valence-corrected chi connectivity index (χ0v) is 16.0. The fourth-order valence-corrected chi connectivity index (χ4v) is 2.92. The van der Waals surface area contributed by atoms with Crippen LogP contribution in [-0.2, 0) is 4.79 Å². The van der Waals surface area contributed by atoms with Crippen LogP contribution >= 0.6 is 0 Å². The van der Waals surface area contributed by atoms with Crippen LogP contribution in [0.4, 0.5) is 17.1 Å². The molecule has 142 valence electrons. The Labute approximate surface area is 165 Å². The third-order valence-electron chi connectivity index (χ3n) is 4.46. The molecule has 3 aromatic rings. The summed E-state index contributed by atoms with van der Waals surface area (Å²) >= 11 is 0. The lowest BCUT2D eigenvalue weighted by Gasteiger charge is -2.19. The number of benzene rings is 3. The van der Waals surface area contributed by atoms with Gasteiger partial charge in [-0.1, -0.05) is 42.5 Å². The van der Waals surface area contributed by atoms with Gasteiger partial charge < -0.3 is 15.5 Å². The van der Waals surface area contributed by atoms with Crippen LogP contribution in [0.1, 0.15) is 15.9 Å². The normalized spacial score (nSPS) is 10.2. The Morgan fingerprint density at radius 2 is 1.46 bits per heavy atom. The summed E-state index contributed by atoms with van der Waals surface area (Å²) in [6.07, 6.45) is 0. The minimum atomic E-state index is -0.207. The van der Waals surface area contributed by atoms with E-state index < -0.39 is 0 Å². The predicted octanol–water partition coefficient (Wildman–Crippen LogP) is 4.32. The van der Waals surface area contributed by atoms with Gasteiger partial charge in [0, 0.05) is 29.7 Å². The Balaban J connectivity index is 1.68. The van der Waals surface area contributed by atoms with E-state index in [1.54, 1.807) is 18.2 Å². The first-order chi connectivity index (χ1) is 13.5. The van der Waals surface area contributed by atoms with Crippen LogP contribution in [0, 0.1) is 6.92 Å². The molecule has 2 N–H and O–H groups in total. The molecule has 0 unspecified atom stereocenters. The van der Waals surface area contributed by atoms with Crippen LogP contribution in [0.5, 0.6) is 0 Å². The summed E-state index contributed by atoms with van der Waals surface area (Å²) in [6, 6.07) is 24.3. The number of carbonyl (C=O) groups excluding carboxylic acids is 2. The number of hydrogen-bond acceptors (Lipinski definition) is 3. The molecule has 5 heteroatoms. The number of anilines is 3. The molecule has 0 saturated heterocycles. The molecule has 28 heavy (non-hydrogen) atoms. The number of carbonyl (C=O) groups is 2. The Kier molecular flexibility index (Phi) is 6.07. The number of nitrogens with one attached hydrogen (secondary N) is 2. The van der Waals surface area contributed by atoms with Crippen molar-refractivity contribution in [3.8, 4) is 0 Å². The van der Waals surface area contributed by atoms with Crippen LogP contribution in [0.25, 0.3) is 0 Å². The molecule has 0 radical (unpaired) electrons. The number of nitrogens with zero attached hydrogens (tertiary/aromatic N) is 1. The van der Waals surface area contributed by atoms with Gasteiger partial charge in [-0.3, -0.25) is 9.59 Å². The maximum Gasteiger partial charge on any atom is 0.256 e. The highest BCUT2D eigenvalue weighted by atomic mass is 16.2. The van der Waals surface area contributed by atoms with Crippen LogP contribution in [0.2, 0.25) is 0 Å². The van der Waals surface area contributed by atoms with Crippen molar-refractivity contribution < 1.29 is 9.59 Å². The molecule has 0 atom stereocenters. The zero-order chi connectivity index (χ0) is 19.9. The van der Waals surface area contributed by atoms with Crippen molar-refractivity contribution in [1.82, 2.24) is 0 Å². The fourth-order valence-electron chi connectivity index (χ4n) is 2.92. The third-order valence-corrected chi connectivity index (χ3v) is 4.46. The molecule has 3 rings (SSSR count). The standard InChI is InChI=1S/C23H23N3O2/c1-17-20(23(28)24-18-10-5-3-6-11-18)14-9-15-21(17)25-22(27)16-26(2)19-12-7-4-8-13-19/h3-15H,16H2,1-2H3,(H,24,28)(H,25,27). The molecule has 3 aromatic carbocycles. The minimum absolute atomic E-state index is 0.143. The molecule has 0 bridgehead atoms. The molecule has 5 nitrogen and oxygen atoms in total. The Bertz CT molecular complexity index is 956. The van der Waals surface area contributed by atoms with Gasteiger partial charge in [-0.15, -0.1) is 0 Å². The van der Waals surface area contributed by atoms with Crippen LogP contribution in [0.3, 0.4) is 0 Å². The van der Waals surface area contributed by atoms with Crippen LogP contribution < -0.4 is 15.5 Å². The summed E-state index contributed by atoms with van der Waals surface area (Å²) in [5.41, 5.74) is 3.58. The molecule has 0 aliphatic heterocycles. The first-order valence-corrected chi connectivity index (χ1v) is 9.06. The van der Waals surface area contributed by atoms with Crippen molar-refractivity contribution in [3.05, 3.63) is 90.0 Å². The Morgan fingerprint density at radius 1 is 0.821 bits per heavy atom. The highest BCUT2D eigenvalue weighted by Gasteiger charge is 2.14. The van der Waals surface area contributed by atoms with Crippen LogP contribution in [-0.4, -0.2) is 25.4 Å². The van der Waals surface area contributed by atoms with Crippen molar-refractivity contribution >= 4 is 28.9 Å². The number of para-hydroxylation sites is 2. The summed E-state index contributed by atoms with van der Waals surface area (Å²) in [5, 5.41) is 5.78. The van der Waals surface area contributed by atoms with Gasteiger partial charge in [0.25, 0.3) is 5.91 Å². The SMILES string of the molecule is Cc1c(NC(=O)CN(C)c2ccccc2)cccc1C(=O)Nc1ccccc1. The van der Waals surface area contributed by atoms with E-state index in [1.807, 2.05) is 79.5 Å². The van der Waals surface area contributed by atoms with Crippen molar-refractivity contribution in [2.24, 2.45) is 0 Å². The number of rotatable bonds is 6. The van der Waals surface area contributed by atoms with Gasteiger partial charge in [-0.25, -0.2) is 0 Å². The predicted molar refractivity (Wildman–Crippen MR) is 114 cm³/mol. The maximum atomic E-state index is 12.6. The molecular formula is C23H23N3O2. The summed E-state index contributed by atoms with van der Waals surface area (Å²) in [7, 11) is 1.87. The van der Waals surface area contributed by atoms with E-state index in [1.165, 1.54) is 0 Å². The molecule has 0 aromatic heterocycles. The van der Waals surface area contributed by atoms with E-state index in [4.69, 9.17) is 0 Å². The molecule has 0 fully saturated rings. The highest BCUT2D eigenvalue weighted by Crippen LogP contribution is 2.21. The van der Waals surface area contributed by atoms with Gasteiger partial charge in [0.05, 0.1) is 6.54 Å². The van der Waals surface area contributed by atoms with Gasteiger partial charge in [0.15, 0.2) is 0 Å². The van der Waals surface area contributed by atoms with Gasteiger partial charge in [-0.2, -0.15) is 0 Å². The molecule has 0 spiro atoms. The van der Waals surface area contributed by atoms with E-state index in [-0.39, 0.29) is 18.4 Å². The fraction of sp³-hybridized carbons (Fsp3) is 0.130. The number of hydrogen-bond donors (Lipinski definition) is 2. The summed E-state index contributed by atoms with van der Waals surface area (Å²) in [5.74, 6) is -0.351. The second-order valence-corrected chi connectivity index (χ2v) is 6.54. The van der Waals surface area contributed by atoms with Crippen molar-refractivity contribution in [1.29, 1.82) is 0 Å². The third kappa shape index (κ3) is 4.76. The smallest absolute Gasteiger partial charge is 0.256 e. The summed E-state index contributed by atoms with van der Waals surface area (Å²) in [6.45, 7) is 2.04. The second-order valence-electron chi connectivity index (χ2n) is 6.54. The molecule has 0 saturated carbocycles. The van der Waals surface area contributed by atoms with Crippen LogP contribution in [0.15, 0.2) is 78.9 Å². The molecule has 2 amide bonds. The summed E-state index contributed by atoms with van der Waals surface area (Å²) in [4.78, 5) is 26.9. The number of amides is 2. The molecule has 0 aliphatic rings. The van der Waals surface area contributed by atoms with Crippen molar-refractivity contribution in [2.45, 2.75) is 6.92 Å². The molecule has 0 aliphatic carbocycles. The van der Waals surface area contributed by atoms with Crippen molar-refractivity contribution in [2.75, 3.05) is 29.1 Å². The van der Waals surface area contributed by atoms with E-state index in [0.29, 0.717) is 11.3 Å². The first kappa shape index (κ1) is 19.2. The minimum Gasteiger partial charge on any atom is -0.365 e. The van der Waals surface area contributed by atoms with Gasteiger partial charge in [-0.05, 0) is 48.9 Å². The maximum absolute atomic E-state index is 12.6. The lowest BCUT2D eigenvalue weighted by molar-refractivity contribution is -0.114. The molecular weight excluding hydrogens is 350 g/mol. The second kappa shape index (κ2) is 8.86. The lowest BCUT2D eigenvalue weighted by Crippen LogP contribution is -2.30. The van der Waals surface area contributed by atoms with E-state index >= 15 is 0 Å². The average molecular weight is 373 g/mol. The lowest BCUT2D eigenvalue weighted by atomic mass is 10.1. The van der Waals surface area contributed by atoms with Gasteiger partial charge in [0.1, 0.15) is 0 Å². The topological polar surface area (TPSA) is 61.4 Å². The number of likely N-dealkylation sites (N-methyl/N-ethyl adjacent to an activating group) is 1. The largest absolute Gasteiger partial charge is 0.365 e. The monoisotopic (exact) mass is 373 g/mol. The Hall–Kier alpha value is -3.60. The van der Waals surface area contributed by atoms with Gasteiger partial charge in [0.2, 0.25) is 5.91 Å². The van der Waals surface area contributed by atoms with E-state index in [0.717, 1.165) is 16.9 Å². The van der Waals surface area contributed by atoms with E-state index in [2.05, 4.69) is 10.6 Å². The highest BCUT2D eigenvalue weighted by molar-refractivity contribution is 6.07. The quantitative estimate of drug-likeness (QED) is 0.676. The first-order valence-electron chi connectivity index (χ1n) is 9.06. The Morgan fingerprint density at radius 3 is 2.14 bits per heavy atom. The zero-order valence-electron chi connectivity index (χ0n) is 16.0. The van der Waals surface area contributed by atoms with E-state index in [9.17, 15) is 9.59 Å².